The van der Waals surface area contributed by atoms with Crippen LogP contribution in [0.15, 0.2) is 28.2 Å². The molecule has 1 aliphatic heterocycles. The summed E-state index contributed by atoms with van der Waals surface area (Å²) in [4.78, 5) is 35.1. The minimum Gasteiger partial charge on any atom is -0.336 e. The number of benzene rings is 1. The van der Waals surface area contributed by atoms with Gasteiger partial charge in [0.2, 0.25) is 0 Å². The molecule has 1 aromatic heterocycles. The predicted molar refractivity (Wildman–Crippen MR) is 118 cm³/mol. The van der Waals surface area contributed by atoms with Crippen LogP contribution in [0.4, 0.5) is 0 Å². The number of rotatable bonds is 4. The van der Waals surface area contributed by atoms with Gasteiger partial charge in [0.15, 0.2) is 5.16 Å². The summed E-state index contributed by atoms with van der Waals surface area (Å²) >= 11 is 1.30. The molecule has 0 N–H and O–H groups in total. The first-order chi connectivity index (χ1) is 14.6. The van der Waals surface area contributed by atoms with Gasteiger partial charge in [0, 0.05) is 37.8 Å². The van der Waals surface area contributed by atoms with Crippen LogP contribution >= 0.6 is 11.8 Å². The number of thioether (sulfide) groups is 1. The summed E-state index contributed by atoms with van der Waals surface area (Å²) in [5.41, 5.74) is 1.03. The molecule has 2 aliphatic rings. The number of nitrogens with zero attached hydrogens (tertiary/aromatic N) is 5. The number of likely N-dealkylation sites (N-methyl/N-ethyl adjacent to an activating group) is 1. The molecule has 2 aromatic rings. The molecule has 0 spiro atoms. The zero-order valence-electron chi connectivity index (χ0n) is 17.3. The van der Waals surface area contributed by atoms with E-state index < -0.39 is 0 Å². The number of aromatic nitrogens is 2. The minimum absolute atomic E-state index is 0.0190. The molecule has 0 atom stereocenters. The van der Waals surface area contributed by atoms with Crippen molar-refractivity contribution in [3.8, 4) is 6.07 Å². The summed E-state index contributed by atoms with van der Waals surface area (Å²) in [5.74, 6) is 0.222. The number of piperazine rings is 1. The molecule has 0 radical (unpaired) electrons. The van der Waals surface area contributed by atoms with E-state index in [1.54, 1.807) is 22.8 Å². The third-order valence-electron chi connectivity index (χ3n) is 6.11. The molecule has 2 fully saturated rings. The molecular weight excluding hydrogens is 398 g/mol. The third kappa shape index (κ3) is 4.23. The Morgan fingerprint density at radius 2 is 1.93 bits per heavy atom. The van der Waals surface area contributed by atoms with E-state index in [9.17, 15) is 9.59 Å². The summed E-state index contributed by atoms with van der Waals surface area (Å²) in [5, 5.41) is 10.2. The first-order valence-electron chi connectivity index (χ1n) is 10.6. The molecule has 30 heavy (non-hydrogen) atoms. The molecule has 0 bridgehead atoms. The van der Waals surface area contributed by atoms with E-state index in [-0.39, 0.29) is 23.3 Å². The summed E-state index contributed by atoms with van der Waals surface area (Å²) in [6.07, 6.45) is 5.34. The second-order valence-corrected chi connectivity index (χ2v) is 9.08. The first-order valence-corrected chi connectivity index (χ1v) is 11.6. The fourth-order valence-electron chi connectivity index (χ4n) is 4.36. The maximum absolute atomic E-state index is 13.4. The van der Waals surface area contributed by atoms with Crippen molar-refractivity contribution < 1.29 is 4.79 Å². The Hall–Kier alpha value is -2.37. The van der Waals surface area contributed by atoms with Gasteiger partial charge in [0.25, 0.3) is 11.5 Å². The molecule has 1 amide bonds. The molecule has 4 rings (SSSR count). The number of hydrogen-bond donors (Lipinski definition) is 0. The van der Waals surface area contributed by atoms with Crippen LogP contribution in [-0.4, -0.2) is 64.2 Å². The van der Waals surface area contributed by atoms with Crippen LogP contribution in [0.1, 0.15) is 48.5 Å². The SMILES string of the molecule is CN1CCN(C(=O)c2ccc3c(=O)n(C4CCCCC4)c(SCC#N)nc3c2)CC1. The van der Waals surface area contributed by atoms with Gasteiger partial charge in [0.1, 0.15) is 0 Å². The number of carbonyl (C=O) groups is 1. The molecular formula is C22H27N5O2S. The lowest BCUT2D eigenvalue weighted by molar-refractivity contribution is 0.0664. The monoisotopic (exact) mass is 425 g/mol. The summed E-state index contributed by atoms with van der Waals surface area (Å²) in [6.45, 7) is 3.12. The van der Waals surface area contributed by atoms with Gasteiger partial charge in [-0.25, -0.2) is 4.98 Å². The van der Waals surface area contributed by atoms with Gasteiger partial charge in [0.05, 0.1) is 22.7 Å². The quantitative estimate of drug-likeness (QED) is 0.553. The molecule has 8 heteroatoms. The lowest BCUT2D eigenvalue weighted by Crippen LogP contribution is -2.47. The van der Waals surface area contributed by atoms with Crippen LogP contribution < -0.4 is 5.56 Å². The Bertz CT molecular complexity index is 1030. The molecule has 0 unspecified atom stereocenters. The van der Waals surface area contributed by atoms with Crippen molar-refractivity contribution in [3.63, 3.8) is 0 Å². The van der Waals surface area contributed by atoms with E-state index in [1.807, 2.05) is 4.90 Å². The molecule has 1 aromatic carbocycles. The largest absolute Gasteiger partial charge is 0.336 e. The van der Waals surface area contributed by atoms with Crippen molar-refractivity contribution in [1.82, 2.24) is 19.4 Å². The summed E-state index contributed by atoms with van der Waals surface area (Å²) in [7, 11) is 2.06. The average molecular weight is 426 g/mol. The van der Waals surface area contributed by atoms with Crippen LogP contribution in [0.25, 0.3) is 10.9 Å². The maximum Gasteiger partial charge on any atom is 0.262 e. The second-order valence-electron chi connectivity index (χ2n) is 8.14. The smallest absolute Gasteiger partial charge is 0.262 e. The Kier molecular flexibility index (Phi) is 6.40. The van der Waals surface area contributed by atoms with E-state index in [0.29, 0.717) is 34.7 Å². The van der Waals surface area contributed by atoms with E-state index >= 15 is 0 Å². The van der Waals surface area contributed by atoms with Crippen LogP contribution in [0.5, 0.6) is 0 Å². The van der Waals surface area contributed by atoms with E-state index in [2.05, 4.69) is 18.0 Å². The van der Waals surface area contributed by atoms with E-state index in [1.165, 1.54) is 18.2 Å². The van der Waals surface area contributed by atoms with Crippen LogP contribution in [0, 0.1) is 11.3 Å². The molecule has 2 heterocycles. The molecule has 7 nitrogen and oxygen atoms in total. The topological polar surface area (TPSA) is 82.2 Å². The minimum atomic E-state index is -0.0639. The highest BCUT2D eigenvalue weighted by molar-refractivity contribution is 7.99. The highest BCUT2D eigenvalue weighted by atomic mass is 32.2. The molecule has 1 saturated carbocycles. The zero-order chi connectivity index (χ0) is 21.1. The fourth-order valence-corrected chi connectivity index (χ4v) is 5.09. The number of fused-ring (bicyclic) bond motifs is 1. The van der Waals surface area contributed by atoms with Gasteiger partial charge >= 0.3 is 0 Å². The Morgan fingerprint density at radius 1 is 1.20 bits per heavy atom. The van der Waals surface area contributed by atoms with Gasteiger partial charge in [-0.1, -0.05) is 31.0 Å². The van der Waals surface area contributed by atoms with Crippen molar-refractivity contribution in [2.75, 3.05) is 39.0 Å². The zero-order valence-corrected chi connectivity index (χ0v) is 18.2. The van der Waals surface area contributed by atoms with Crippen molar-refractivity contribution in [2.45, 2.75) is 43.3 Å². The predicted octanol–water partition coefficient (Wildman–Crippen LogP) is 2.90. The number of nitriles is 1. The molecule has 158 valence electrons. The van der Waals surface area contributed by atoms with Crippen LogP contribution in [0.2, 0.25) is 0 Å². The molecule has 1 aliphatic carbocycles. The van der Waals surface area contributed by atoms with E-state index in [0.717, 1.165) is 38.8 Å². The average Bonchev–Trinajstić information content (AvgIpc) is 2.78. The lowest BCUT2D eigenvalue weighted by atomic mass is 9.95. The van der Waals surface area contributed by atoms with E-state index in [4.69, 9.17) is 10.2 Å². The second kappa shape index (κ2) is 9.19. The number of amides is 1. The van der Waals surface area contributed by atoms with Gasteiger partial charge < -0.3 is 9.80 Å². The van der Waals surface area contributed by atoms with Crippen molar-refractivity contribution in [2.24, 2.45) is 0 Å². The highest BCUT2D eigenvalue weighted by Gasteiger charge is 2.24. The number of carbonyl (C=O) groups excluding carboxylic acids is 1. The fraction of sp³-hybridized carbons (Fsp3) is 0.545. The summed E-state index contributed by atoms with van der Waals surface area (Å²) in [6, 6.07) is 7.49. The standard InChI is InChI=1S/C22H27N5O2S/c1-25-10-12-26(13-11-25)20(28)16-7-8-18-19(15-16)24-22(30-14-9-23)27(21(18)29)17-5-3-2-4-6-17/h7-8,15,17H,2-6,10-14H2,1H3. The Morgan fingerprint density at radius 3 is 2.63 bits per heavy atom. The Labute approximate surface area is 180 Å². The van der Waals surface area contributed by atoms with Crippen LogP contribution in [0.3, 0.4) is 0 Å². The lowest BCUT2D eigenvalue weighted by Gasteiger charge is -2.32. The number of hydrogen-bond acceptors (Lipinski definition) is 6. The first kappa shape index (κ1) is 20.9. The normalized spacial score (nSPS) is 18.5. The van der Waals surface area contributed by atoms with Gasteiger partial charge in [-0.2, -0.15) is 5.26 Å². The Balaban J connectivity index is 1.72. The highest BCUT2D eigenvalue weighted by Crippen LogP contribution is 2.31. The summed E-state index contributed by atoms with van der Waals surface area (Å²) < 4.78 is 1.80. The van der Waals surface area contributed by atoms with Crippen molar-refractivity contribution in [1.29, 1.82) is 5.26 Å². The van der Waals surface area contributed by atoms with Gasteiger partial charge in [-0.3, -0.25) is 14.2 Å². The van der Waals surface area contributed by atoms with Gasteiger partial charge in [-0.05, 0) is 38.1 Å². The third-order valence-corrected chi connectivity index (χ3v) is 6.93. The van der Waals surface area contributed by atoms with Crippen LogP contribution in [-0.2, 0) is 0 Å². The maximum atomic E-state index is 13.4. The van der Waals surface area contributed by atoms with Crippen molar-refractivity contribution >= 4 is 28.6 Å². The molecule has 1 saturated heterocycles. The van der Waals surface area contributed by atoms with Gasteiger partial charge in [-0.15, -0.1) is 0 Å². The van der Waals surface area contributed by atoms with Crippen molar-refractivity contribution in [3.05, 3.63) is 34.1 Å².